The zero-order valence-electron chi connectivity index (χ0n) is 10.1. The van der Waals surface area contributed by atoms with Crippen LogP contribution in [0.5, 0.6) is 5.75 Å². The molecule has 0 spiro atoms. The summed E-state index contributed by atoms with van der Waals surface area (Å²) in [5.41, 5.74) is 0.893. The molecule has 20 heavy (non-hydrogen) atoms. The molecule has 2 aromatic rings. The molecule has 0 aliphatic rings. The third kappa shape index (κ3) is 3.76. The molecule has 0 unspecified atom stereocenters. The molecule has 0 heterocycles. The van der Waals surface area contributed by atoms with E-state index in [-0.39, 0.29) is 15.8 Å². The van der Waals surface area contributed by atoms with Crippen molar-refractivity contribution < 1.29 is 9.53 Å². The van der Waals surface area contributed by atoms with Crippen LogP contribution in [-0.2, 0) is 4.79 Å². The van der Waals surface area contributed by atoms with E-state index >= 15 is 0 Å². The first-order chi connectivity index (χ1) is 9.58. The smallest absolute Gasteiger partial charge is 0.336 e. The first-order valence-corrected chi connectivity index (χ1v) is 6.80. The predicted octanol–water partition coefficient (Wildman–Crippen LogP) is 5.27. The number of carbonyl (C=O) groups excluding carboxylic acids is 1. The van der Waals surface area contributed by atoms with Gasteiger partial charge in [0.25, 0.3) is 0 Å². The summed E-state index contributed by atoms with van der Waals surface area (Å²) in [5.74, 6) is -0.377. The van der Waals surface area contributed by atoms with Crippen LogP contribution in [0, 0.1) is 0 Å². The highest BCUT2D eigenvalue weighted by atomic mass is 35.5. The Morgan fingerprint density at radius 1 is 0.950 bits per heavy atom. The number of carbonyl (C=O) groups is 1. The van der Waals surface area contributed by atoms with Crippen LogP contribution >= 0.6 is 34.8 Å². The average molecular weight is 328 g/mol. The summed E-state index contributed by atoms with van der Waals surface area (Å²) >= 11 is 17.6. The molecule has 0 aliphatic heterocycles. The molecule has 0 aromatic heterocycles. The fraction of sp³-hybridized carbons (Fsp3) is 0. The van der Waals surface area contributed by atoms with Crippen molar-refractivity contribution in [3.8, 4) is 5.75 Å². The molecule has 5 heteroatoms. The van der Waals surface area contributed by atoms with Crippen molar-refractivity contribution in [2.75, 3.05) is 0 Å². The van der Waals surface area contributed by atoms with E-state index in [0.717, 1.165) is 5.56 Å². The van der Waals surface area contributed by atoms with Gasteiger partial charge in [-0.25, -0.2) is 4.79 Å². The van der Waals surface area contributed by atoms with Gasteiger partial charge in [-0.3, -0.25) is 0 Å². The SMILES string of the molecule is O=C(C=Cc1ccccc1)Oc1ccc(Cl)c(Cl)c1Cl. The molecular formula is C15H9Cl3O2. The average Bonchev–Trinajstić information content (AvgIpc) is 2.47. The van der Waals surface area contributed by atoms with Crippen LogP contribution in [0.25, 0.3) is 6.08 Å². The van der Waals surface area contributed by atoms with Gasteiger partial charge in [0.2, 0.25) is 0 Å². The molecule has 0 bridgehead atoms. The largest absolute Gasteiger partial charge is 0.422 e. The first kappa shape index (κ1) is 14.9. The van der Waals surface area contributed by atoms with E-state index < -0.39 is 5.97 Å². The molecule has 102 valence electrons. The monoisotopic (exact) mass is 326 g/mol. The molecule has 0 aliphatic carbocycles. The van der Waals surface area contributed by atoms with Gasteiger partial charge in [0.1, 0.15) is 5.02 Å². The van der Waals surface area contributed by atoms with Crippen LogP contribution in [0.2, 0.25) is 15.1 Å². The van der Waals surface area contributed by atoms with Crippen molar-refractivity contribution in [3.63, 3.8) is 0 Å². The van der Waals surface area contributed by atoms with Crippen molar-refractivity contribution in [2.45, 2.75) is 0 Å². The highest BCUT2D eigenvalue weighted by Crippen LogP contribution is 2.37. The van der Waals surface area contributed by atoms with Gasteiger partial charge in [-0.15, -0.1) is 0 Å². The standard InChI is InChI=1S/C15H9Cl3O2/c16-11-7-8-12(15(18)14(11)17)20-13(19)9-6-10-4-2-1-3-5-10/h1-9H. The van der Waals surface area contributed by atoms with E-state index in [1.165, 1.54) is 18.2 Å². The summed E-state index contributed by atoms with van der Waals surface area (Å²) in [7, 11) is 0. The molecule has 0 fully saturated rings. The van der Waals surface area contributed by atoms with E-state index in [2.05, 4.69) is 0 Å². The van der Waals surface area contributed by atoms with Gasteiger partial charge in [0.15, 0.2) is 5.75 Å². The molecule has 2 rings (SSSR count). The van der Waals surface area contributed by atoms with Crippen LogP contribution in [0.1, 0.15) is 5.56 Å². The van der Waals surface area contributed by atoms with Gasteiger partial charge < -0.3 is 4.74 Å². The lowest BCUT2D eigenvalue weighted by atomic mass is 10.2. The second-order valence-electron chi connectivity index (χ2n) is 3.84. The predicted molar refractivity (Wildman–Crippen MR) is 82.6 cm³/mol. The van der Waals surface area contributed by atoms with E-state index in [1.807, 2.05) is 30.3 Å². The summed E-state index contributed by atoms with van der Waals surface area (Å²) < 4.78 is 5.10. The van der Waals surface area contributed by atoms with E-state index in [1.54, 1.807) is 6.08 Å². The second kappa shape index (κ2) is 6.80. The molecular weight excluding hydrogens is 319 g/mol. The first-order valence-electron chi connectivity index (χ1n) is 5.66. The van der Waals surface area contributed by atoms with Crippen LogP contribution in [-0.4, -0.2) is 5.97 Å². The fourth-order valence-electron chi connectivity index (χ4n) is 1.46. The maximum absolute atomic E-state index is 11.7. The summed E-state index contributed by atoms with van der Waals surface area (Å²) in [4.78, 5) is 11.7. The van der Waals surface area contributed by atoms with Gasteiger partial charge in [-0.1, -0.05) is 65.1 Å². The molecule has 0 N–H and O–H groups in total. The maximum Gasteiger partial charge on any atom is 0.336 e. The highest BCUT2D eigenvalue weighted by molar-refractivity contribution is 6.48. The van der Waals surface area contributed by atoms with Crippen molar-refractivity contribution >= 4 is 46.8 Å². The van der Waals surface area contributed by atoms with Gasteiger partial charge >= 0.3 is 5.97 Å². The Bertz CT molecular complexity index is 652. The number of ether oxygens (including phenoxy) is 1. The molecule has 0 radical (unpaired) electrons. The van der Waals surface area contributed by atoms with Gasteiger partial charge in [-0.05, 0) is 23.8 Å². The number of hydrogen-bond acceptors (Lipinski definition) is 2. The lowest BCUT2D eigenvalue weighted by molar-refractivity contribution is -0.128. The molecule has 0 saturated carbocycles. The molecule has 0 saturated heterocycles. The van der Waals surface area contributed by atoms with Crippen molar-refractivity contribution in [1.29, 1.82) is 0 Å². The minimum absolute atomic E-state index is 0.112. The van der Waals surface area contributed by atoms with Crippen molar-refractivity contribution in [2.24, 2.45) is 0 Å². The number of hydrogen-bond donors (Lipinski definition) is 0. The minimum Gasteiger partial charge on any atom is -0.422 e. The van der Waals surface area contributed by atoms with Gasteiger partial charge in [0.05, 0.1) is 10.0 Å². The van der Waals surface area contributed by atoms with Crippen LogP contribution in [0.15, 0.2) is 48.5 Å². The zero-order valence-corrected chi connectivity index (χ0v) is 12.4. The van der Waals surface area contributed by atoms with Crippen LogP contribution in [0.4, 0.5) is 0 Å². The third-order valence-corrected chi connectivity index (χ3v) is 3.70. The number of rotatable bonds is 3. The molecule has 2 aromatic carbocycles. The van der Waals surface area contributed by atoms with Crippen LogP contribution < -0.4 is 4.74 Å². The minimum atomic E-state index is -0.547. The molecule has 2 nitrogen and oxygen atoms in total. The maximum atomic E-state index is 11.7. The lowest BCUT2D eigenvalue weighted by Crippen LogP contribution is -2.04. The summed E-state index contributed by atoms with van der Waals surface area (Å²) in [6, 6.07) is 12.4. The number of halogens is 3. The topological polar surface area (TPSA) is 26.3 Å². The molecule has 0 atom stereocenters. The number of benzene rings is 2. The Morgan fingerprint density at radius 2 is 1.65 bits per heavy atom. The van der Waals surface area contributed by atoms with Gasteiger partial charge in [0, 0.05) is 6.08 Å². The zero-order chi connectivity index (χ0) is 14.5. The Labute approximate surface area is 131 Å². The van der Waals surface area contributed by atoms with Crippen molar-refractivity contribution in [3.05, 3.63) is 69.2 Å². The van der Waals surface area contributed by atoms with Gasteiger partial charge in [-0.2, -0.15) is 0 Å². The lowest BCUT2D eigenvalue weighted by Gasteiger charge is -2.06. The third-order valence-electron chi connectivity index (χ3n) is 2.42. The second-order valence-corrected chi connectivity index (χ2v) is 5.00. The fourth-order valence-corrected chi connectivity index (χ4v) is 2.02. The van der Waals surface area contributed by atoms with E-state index in [4.69, 9.17) is 39.5 Å². The number of esters is 1. The molecule has 0 amide bonds. The Morgan fingerprint density at radius 3 is 2.35 bits per heavy atom. The summed E-state index contributed by atoms with van der Waals surface area (Å²) in [5, 5.41) is 0.572. The normalized spacial score (nSPS) is 10.8. The Balaban J connectivity index is 2.09. The van der Waals surface area contributed by atoms with E-state index in [9.17, 15) is 4.79 Å². The Hall–Kier alpha value is -1.48. The van der Waals surface area contributed by atoms with Crippen LogP contribution in [0.3, 0.4) is 0 Å². The quantitative estimate of drug-likeness (QED) is 0.332. The van der Waals surface area contributed by atoms with Crippen molar-refractivity contribution in [1.82, 2.24) is 0 Å². The van der Waals surface area contributed by atoms with E-state index in [0.29, 0.717) is 5.02 Å². The summed E-state index contributed by atoms with van der Waals surface area (Å²) in [6.45, 7) is 0. The highest BCUT2D eigenvalue weighted by Gasteiger charge is 2.11. The summed E-state index contributed by atoms with van der Waals surface area (Å²) in [6.07, 6.45) is 2.96. The Kier molecular flexibility index (Phi) is 5.07.